The van der Waals surface area contributed by atoms with Crippen molar-refractivity contribution < 1.29 is 62.5 Å². The Morgan fingerprint density at radius 1 is 0.933 bits per heavy atom. The van der Waals surface area contributed by atoms with Crippen LogP contribution in [0.1, 0.15) is 32.6 Å². The SMILES string of the molecule is COC1C(=O)OC2C(O)CO/C=C\C3=C(CCC(=O)OCC2/C=C(/C)C24OC5CC(O)C2C(C=CC4C1OC)C5)C(=O)OC3=O. The molecule has 1 spiro atoms. The zero-order valence-electron chi connectivity index (χ0n) is 25.3. The minimum Gasteiger partial charge on any atom is -0.498 e. The predicted octanol–water partition coefficient (Wildman–Crippen LogP) is 0.823. The van der Waals surface area contributed by atoms with Gasteiger partial charge < -0.3 is 43.4 Å². The molecule has 2 saturated heterocycles. The summed E-state index contributed by atoms with van der Waals surface area (Å²) in [6, 6.07) is 0. The second kappa shape index (κ2) is 12.4. The molecule has 3 fully saturated rings. The molecule has 11 atom stereocenters. The average molecular weight is 631 g/mol. The Morgan fingerprint density at radius 2 is 1.73 bits per heavy atom. The van der Waals surface area contributed by atoms with E-state index in [-0.39, 0.29) is 55.1 Å². The van der Waals surface area contributed by atoms with Crippen LogP contribution in [0.25, 0.3) is 0 Å². The van der Waals surface area contributed by atoms with Gasteiger partial charge in [0, 0.05) is 32.5 Å². The lowest BCUT2D eigenvalue weighted by Crippen LogP contribution is -2.69. The quantitative estimate of drug-likeness (QED) is 0.190. The molecule has 244 valence electrons. The maximum absolute atomic E-state index is 13.8. The molecule has 2 N–H and O–H groups in total. The van der Waals surface area contributed by atoms with Crippen molar-refractivity contribution in [1.29, 1.82) is 0 Å². The molecule has 1 saturated carbocycles. The number of rotatable bonds is 2. The molecule has 0 aromatic heterocycles. The van der Waals surface area contributed by atoms with E-state index in [1.54, 1.807) is 6.08 Å². The third kappa shape index (κ3) is 5.44. The van der Waals surface area contributed by atoms with Gasteiger partial charge in [0.05, 0.1) is 35.5 Å². The largest absolute Gasteiger partial charge is 0.498 e. The van der Waals surface area contributed by atoms with E-state index in [2.05, 4.69) is 10.8 Å². The van der Waals surface area contributed by atoms with Crippen molar-refractivity contribution in [3.63, 3.8) is 0 Å². The number of hydrogen-bond donors (Lipinski definition) is 2. The third-order valence-corrected chi connectivity index (χ3v) is 9.97. The van der Waals surface area contributed by atoms with Gasteiger partial charge in [0.15, 0.2) is 6.10 Å². The summed E-state index contributed by atoms with van der Waals surface area (Å²) in [7, 11) is 2.82. The number of allylic oxidation sites excluding steroid dienone is 1. The van der Waals surface area contributed by atoms with Gasteiger partial charge in [-0.05, 0) is 43.8 Å². The van der Waals surface area contributed by atoms with Gasteiger partial charge in [-0.3, -0.25) is 4.79 Å². The Kier molecular flexibility index (Phi) is 8.74. The van der Waals surface area contributed by atoms with Crippen molar-refractivity contribution in [2.24, 2.45) is 23.7 Å². The van der Waals surface area contributed by atoms with Gasteiger partial charge in [-0.2, -0.15) is 0 Å². The first-order valence-electron chi connectivity index (χ1n) is 15.2. The van der Waals surface area contributed by atoms with Crippen LogP contribution in [0.5, 0.6) is 0 Å². The standard InChI is InChI=1S/C32H38O13/c1-15-10-17-13-42-24(35)7-5-19-20(30(37)44-29(19)36)8-9-41-14-23(34)26(17)43-31(38)28(40-3)27(39-2)21-6-4-16-11-18-12-22(33)25(16)32(15,21)45-18/h4,6,8-10,16-18,21-23,25-28,33-34H,5,7,11-14H2,1-3H3/b9-8-,15-10-. The van der Waals surface area contributed by atoms with Crippen molar-refractivity contribution in [2.45, 2.75) is 74.8 Å². The molecule has 45 heavy (non-hydrogen) atoms. The van der Waals surface area contributed by atoms with E-state index in [1.165, 1.54) is 20.3 Å². The smallest absolute Gasteiger partial charge is 0.346 e. The lowest BCUT2D eigenvalue weighted by Gasteiger charge is -2.62. The van der Waals surface area contributed by atoms with Crippen LogP contribution in [0, 0.1) is 23.7 Å². The van der Waals surface area contributed by atoms with Crippen LogP contribution in [0.15, 0.2) is 47.3 Å². The van der Waals surface area contributed by atoms with Crippen LogP contribution in [-0.2, 0) is 52.3 Å². The molecule has 4 bridgehead atoms. The molecular weight excluding hydrogens is 592 g/mol. The molecule has 7 aliphatic rings. The Balaban J connectivity index is 1.42. The predicted molar refractivity (Wildman–Crippen MR) is 151 cm³/mol. The number of carbonyl (C=O) groups excluding carboxylic acids is 4. The molecule has 0 amide bonds. The van der Waals surface area contributed by atoms with Crippen molar-refractivity contribution in [1.82, 2.24) is 0 Å². The number of cyclic esters (lactones) is 3. The first-order valence-corrected chi connectivity index (χ1v) is 15.2. The van der Waals surface area contributed by atoms with E-state index in [9.17, 15) is 29.4 Å². The highest BCUT2D eigenvalue weighted by atomic mass is 16.6. The van der Waals surface area contributed by atoms with E-state index in [0.717, 1.165) is 12.7 Å². The Hall–Kier alpha value is -3.36. The molecule has 7 rings (SSSR count). The minimum absolute atomic E-state index is 0.0158. The van der Waals surface area contributed by atoms with Gasteiger partial charge in [0.1, 0.15) is 37.1 Å². The highest BCUT2D eigenvalue weighted by Crippen LogP contribution is 2.58. The zero-order chi connectivity index (χ0) is 32.0. The molecule has 11 unspecified atom stereocenters. The molecular formula is C32H38O13. The van der Waals surface area contributed by atoms with Gasteiger partial charge >= 0.3 is 23.9 Å². The fourth-order valence-electron chi connectivity index (χ4n) is 8.04. The maximum Gasteiger partial charge on any atom is 0.346 e. The summed E-state index contributed by atoms with van der Waals surface area (Å²) in [6.07, 6.45) is 3.27. The van der Waals surface area contributed by atoms with E-state index < -0.39 is 71.8 Å². The Bertz CT molecular complexity index is 1360. The molecule has 2 aliphatic carbocycles. The van der Waals surface area contributed by atoms with Crippen LogP contribution in [0.4, 0.5) is 0 Å². The van der Waals surface area contributed by atoms with Crippen LogP contribution < -0.4 is 0 Å². The summed E-state index contributed by atoms with van der Waals surface area (Å²) in [6.45, 7) is 1.17. The fourth-order valence-corrected chi connectivity index (χ4v) is 8.04. The van der Waals surface area contributed by atoms with Crippen LogP contribution >= 0.6 is 0 Å². The van der Waals surface area contributed by atoms with E-state index in [0.29, 0.717) is 12.0 Å². The van der Waals surface area contributed by atoms with Crippen LogP contribution in [0.2, 0.25) is 0 Å². The van der Waals surface area contributed by atoms with Crippen molar-refractivity contribution >= 4 is 23.9 Å². The summed E-state index contributed by atoms with van der Waals surface area (Å²) in [5.74, 6) is -4.98. The van der Waals surface area contributed by atoms with E-state index in [4.69, 9.17) is 28.4 Å². The number of methoxy groups -OCH3 is 2. The Labute approximate surface area is 259 Å². The Morgan fingerprint density at radius 3 is 2.47 bits per heavy atom. The number of carbonyl (C=O) groups is 4. The monoisotopic (exact) mass is 630 g/mol. The molecule has 0 aromatic carbocycles. The summed E-state index contributed by atoms with van der Waals surface area (Å²) < 4.78 is 40.1. The van der Waals surface area contributed by atoms with Crippen molar-refractivity contribution in [2.75, 3.05) is 27.4 Å². The third-order valence-electron chi connectivity index (χ3n) is 9.97. The first kappa shape index (κ1) is 31.6. The van der Waals surface area contributed by atoms with Gasteiger partial charge in [0.25, 0.3) is 0 Å². The van der Waals surface area contributed by atoms with Crippen molar-refractivity contribution in [3.05, 3.63) is 47.3 Å². The van der Waals surface area contributed by atoms with Gasteiger partial charge in [-0.1, -0.05) is 18.2 Å². The number of hydrogen-bond acceptors (Lipinski definition) is 13. The fraction of sp³-hybridized carbons (Fsp3) is 0.625. The molecule has 13 nitrogen and oxygen atoms in total. The lowest BCUT2D eigenvalue weighted by atomic mass is 9.54. The zero-order valence-corrected chi connectivity index (χ0v) is 25.3. The number of ether oxygens (including phenoxy) is 7. The number of esters is 4. The summed E-state index contributed by atoms with van der Waals surface area (Å²) in [5.41, 5.74) is -0.438. The van der Waals surface area contributed by atoms with Gasteiger partial charge in [0.2, 0.25) is 0 Å². The highest BCUT2D eigenvalue weighted by Gasteiger charge is 2.64. The van der Waals surface area contributed by atoms with Gasteiger partial charge in [-0.15, -0.1) is 0 Å². The summed E-state index contributed by atoms with van der Waals surface area (Å²) in [5, 5.41) is 22.7. The van der Waals surface area contributed by atoms with E-state index in [1.807, 2.05) is 13.0 Å². The number of fused-ring (bicyclic) bond motifs is 2. The normalized spacial score (nSPS) is 43.7. The lowest BCUT2D eigenvalue weighted by molar-refractivity contribution is -0.267. The highest BCUT2D eigenvalue weighted by molar-refractivity contribution is 6.14. The number of aliphatic hydroxyl groups is 2. The molecule has 0 aromatic rings. The van der Waals surface area contributed by atoms with Crippen molar-refractivity contribution in [3.8, 4) is 0 Å². The number of aliphatic hydroxyl groups excluding tert-OH is 2. The first-order chi connectivity index (χ1) is 21.6. The van der Waals surface area contributed by atoms with Crippen LogP contribution in [0.3, 0.4) is 0 Å². The average Bonchev–Trinajstić information content (AvgIpc) is 3.28. The molecule has 0 radical (unpaired) electrons. The second-order valence-electron chi connectivity index (χ2n) is 12.4. The van der Waals surface area contributed by atoms with Crippen LogP contribution in [-0.4, -0.2) is 104 Å². The molecule has 5 aliphatic heterocycles. The maximum atomic E-state index is 13.8. The summed E-state index contributed by atoms with van der Waals surface area (Å²) in [4.78, 5) is 51.1. The topological polar surface area (TPSA) is 173 Å². The minimum atomic E-state index is -1.44. The molecule has 5 heterocycles. The molecule has 13 heteroatoms. The second-order valence-corrected chi connectivity index (χ2v) is 12.4. The van der Waals surface area contributed by atoms with E-state index >= 15 is 0 Å². The van der Waals surface area contributed by atoms with Gasteiger partial charge in [-0.25, -0.2) is 14.4 Å². The summed E-state index contributed by atoms with van der Waals surface area (Å²) >= 11 is 0.